The molecule has 2 aromatic carbocycles. The highest BCUT2D eigenvalue weighted by atomic mass is 16.5. The van der Waals surface area contributed by atoms with Crippen LogP contribution in [0.5, 0.6) is 5.75 Å². The fraction of sp³-hybridized carbons (Fsp3) is 0.200. The van der Waals surface area contributed by atoms with Crippen LogP contribution in [0.3, 0.4) is 0 Å². The second kappa shape index (κ2) is 6.46. The normalized spacial score (nSPS) is 10.2. The van der Waals surface area contributed by atoms with E-state index >= 15 is 0 Å². The highest BCUT2D eigenvalue weighted by molar-refractivity contribution is 6.59. The lowest BCUT2D eigenvalue weighted by atomic mass is 9.77. The number of hydrogen-bond acceptors (Lipinski definition) is 4. The molecule has 2 N–H and O–H groups in total. The van der Waals surface area contributed by atoms with Gasteiger partial charge in [0.2, 0.25) is 0 Å². The van der Waals surface area contributed by atoms with Gasteiger partial charge >= 0.3 is 7.12 Å². The van der Waals surface area contributed by atoms with Crippen LogP contribution < -0.4 is 15.1 Å². The smallest absolute Gasteiger partial charge is 0.488 e. The van der Waals surface area contributed by atoms with Gasteiger partial charge < -0.3 is 19.7 Å². The third-order valence-corrected chi connectivity index (χ3v) is 3.23. The number of methoxy groups -OCH3 is 1. The Balaban J connectivity index is 2.21. The number of nitrogens with zero attached hydrogens (tertiary/aromatic N) is 1. The van der Waals surface area contributed by atoms with Crippen molar-refractivity contribution in [2.24, 2.45) is 0 Å². The van der Waals surface area contributed by atoms with Crippen molar-refractivity contribution in [3.63, 3.8) is 0 Å². The van der Waals surface area contributed by atoms with E-state index in [0.29, 0.717) is 12.0 Å². The van der Waals surface area contributed by atoms with Crippen molar-refractivity contribution in [2.75, 3.05) is 19.1 Å². The molecular weight excluding hydrogens is 253 g/mol. The van der Waals surface area contributed by atoms with Crippen LogP contribution in [0, 0.1) is 0 Å². The summed E-state index contributed by atoms with van der Waals surface area (Å²) in [6.45, 7) is 0.584. The van der Waals surface area contributed by atoms with Crippen molar-refractivity contribution in [1.29, 1.82) is 0 Å². The molecule has 104 valence electrons. The second-order valence-electron chi connectivity index (χ2n) is 4.63. The lowest BCUT2D eigenvalue weighted by Crippen LogP contribution is -2.35. The Kier molecular flexibility index (Phi) is 4.66. The van der Waals surface area contributed by atoms with Gasteiger partial charge in [-0.2, -0.15) is 0 Å². The molecule has 0 aliphatic rings. The van der Waals surface area contributed by atoms with Crippen LogP contribution in [0.4, 0.5) is 5.69 Å². The first-order chi connectivity index (χ1) is 9.61. The molecule has 0 saturated carbocycles. The topological polar surface area (TPSA) is 52.9 Å². The molecule has 0 unspecified atom stereocenters. The number of rotatable bonds is 5. The first-order valence-electron chi connectivity index (χ1n) is 6.41. The van der Waals surface area contributed by atoms with E-state index in [4.69, 9.17) is 4.74 Å². The standard InChI is InChI=1S/C15H18BNO3/c1-17(13-7-5-8-14(10-13)20-2)11-12-6-3-4-9-15(12)16(18)19/h3-10,18-19H,11H2,1-2H3. The minimum absolute atomic E-state index is 0.530. The van der Waals surface area contributed by atoms with Gasteiger partial charge in [-0.1, -0.05) is 30.3 Å². The monoisotopic (exact) mass is 271 g/mol. The van der Waals surface area contributed by atoms with Gasteiger partial charge in [0.15, 0.2) is 0 Å². The van der Waals surface area contributed by atoms with Gasteiger partial charge in [0, 0.05) is 25.3 Å². The van der Waals surface area contributed by atoms with Gasteiger partial charge in [-0.25, -0.2) is 0 Å². The lowest BCUT2D eigenvalue weighted by molar-refractivity contribution is 0.415. The zero-order valence-corrected chi connectivity index (χ0v) is 11.7. The zero-order chi connectivity index (χ0) is 14.5. The molecule has 0 spiro atoms. The van der Waals surface area contributed by atoms with Gasteiger partial charge in [0.05, 0.1) is 7.11 Å². The summed E-state index contributed by atoms with van der Waals surface area (Å²) < 4.78 is 5.21. The molecule has 0 bridgehead atoms. The molecule has 0 aliphatic carbocycles. The summed E-state index contributed by atoms with van der Waals surface area (Å²) >= 11 is 0. The maximum atomic E-state index is 9.39. The number of benzene rings is 2. The molecule has 2 aromatic rings. The van der Waals surface area contributed by atoms with E-state index in [-0.39, 0.29) is 0 Å². The molecule has 0 heterocycles. The number of ether oxygens (including phenoxy) is 1. The van der Waals surface area contributed by atoms with E-state index in [0.717, 1.165) is 17.0 Å². The van der Waals surface area contributed by atoms with Crippen molar-refractivity contribution in [2.45, 2.75) is 6.54 Å². The van der Waals surface area contributed by atoms with Crippen molar-refractivity contribution in [1.82, 2.24) is 0 Å². The second-order valence-corrected chi connectivity index (χ2v) is 4.63. The Bertz CT molecular complexity index is 575. The Morgan fingerprint density at radius 1 is 1.10 bits per heavy atom. The predicted molar refractivity (Wildman–Crippen MR) is 81.4 cm³/mol. The molecule has 0 radical (unpaired) electrons. The van der Waals surface area contributed by atoms with Crippen LogP contribution in [-0.4, -0.2) is 31.3 Å². The third-order valence-electron chi connectivity index (χ3n) is 3.23. The summed E-state index contributed by atoms with van der Waals surface area (Å²) in [7, 11) is 2.14. The maximum absolute atomic E-state index is 9.39. The molecular formula is C15H18BNO3. The Hall–Kier alpha value is -1.98. The van der Waals surface area contributed by atoms with E-state index < -0.39 is 7.12 Å². The molecule has 0 fully saturated rings. The van der Waals surface area contributed by atoms with Crippen molar-refractivity contribution in [3.05, 3.63) is 54.1 Å². The molecule has 0 aromatic heterocycles. The van der Waals surface area contributed by atoms with Gasteiger partial charge in [-0.05, 0) is 23.2 Å². The van der Waals surface area contributed by atoms with E-state index in [1.54, 1.807) is 19.2 Å². The molecule has 0 aliphatic heterocycles. The van der Waals surface area contributed by atoms with Crippen LogP contribution >= 0.6 is 0 Å². The summed E-state index contributed by atoms with van der Waals surface area (Å²) in [6, 6.07) is 15.0. The minimum Gasteiger partial charge on any atom is -0.497 e. The molecule has 20 heavy (non-hydrogen) atoms. The summed E-state index contributed by atoms with van der Waals surface area (Å²) in [6.07, 6.45) is 0. The Morgan fingerprint density at radius 2 is 1.85 bits per heavy atom. The number of anilines is 1. The first kappa shape index (κ1) is 14.4. The summed E-state index contributed by atoms with van der Waals surface area (Å²) in [5.74, 6) is 0.796. The summed E-state index contributed by atoms with van der Waals surface area (Å²) in [4.78, 5) is 2.03. The van der Waals surface area contributed by atoms with Crippen LogP contribution in [0.1, 0.15) is 5.56 Å². The fourth-order valence-corrected chi connectivity index (χ4v) is 2.12. The minimum atomic E-state index is -1.45. The highest BCUT2D eigenvalue weighted by Crippen LogP contribution is 2.21. The largest absolute Gasteiger partial charge is 0.497 e. The highest BCUT2D eigenvalue weighted by Gasteiger charge is 2.16. The van der Waals surface area contributed by atoms with Gasteiger partial charge in [-0.15, -0.1) is 0 Å². The van der Waals surface area contributed by atoms with Crippen LogP contribution in [0.15, 0.2) is 48.5 Å². The fourth-order valence-electron chi connectivity index (χ4n) is 2.12. The predicted octanol–water partition coefficient (Wildman–Crippen LogP) is 1.01. The van der Waals surface area contributed by atoms with E-state index in [9.17, 15) is 10.0 Å². The van der Waals surface area contributed by atoms with Crippen LogP contribution in [-0.2, 0) is 6.54 Å². The van der Waals surface area contributed by atoms with Gasteiger partial charge in [0.25, 0.3) is 0 Å². The molecule has 4 nitrogen and oxygen atoms in total. The SMILES string of the molecule is COc1cccc(N(C)Cc2ccccc2B(O)O)c1. The van der Waals surface area contributed by atoms with Crippen molar-refractivity contribution in [3.8, 4) is 5.75 Å². The summed E-state index contributed by atoms with van der Waals surface area (Å²) in [5, 5.41) is 18.8. The average Bonchev–Trinajstić information content (AvgIpc) is 2.47. The first-order valence-corrected chi connectivity index (χ1v) is 6.41. The molecule has 2 rings (SSSR count). The van der Waals surface area contributed by atoms with Crippen molar-refractivity contribution < 1.29 is 14.8 Å². The average molecular weight is 271 g/mol. The summed E-state index contributed by atoms with van der Waals surface area (Å²) in [5.41, 5.74) is 2.42. The van der Waals surface area contributed by atoms with Crippen LogP contribution in [0.2, 0.25) is 0 Å². The van der Waals surface area contributed by atoms with Crippen LogP contribution in [0.25, 0.3) is 0 Å². The van der Waals surface area contributed by atoms with E-state index in [1.165, 1.54) is 0 Å². The third kappa shape index (κ3) is 3.32. The molecule has 0 atom stereocenters. The molecule has 0 saturated heterocycles. The molecule has 0 amide bonds. The van der Waals surface area contributed by atoms with Gasteiger partial charge in [0.1, 0.15) is 5.75 Å². The lowest BCUT2D eigenvalue weighted by Gasteiger charge is -2.21. The molecule has 5 heteroatoms. The quantitative estimate of drug-likeness (QED) is 0.797. The Morgan fingerprint density at radius 3 is 2.55 bits per heavy atom. The maximum Gasteiger partial charge on any atom is 0.488 e. The number of hydrogen-bond donors (Lipinski definition) is 2. The Labute approximate surface area is 119 Å². The van der Waals surface area contributed by atoms with Gasteiger partial charge in [-0.3, -0.25) is 0 Å². The van der Waals surface area contributed by atoms with Crippen molar-refractivity contribution >= 4 is 18.3 Å². The zero-order valence-electron chi connectivity index (χ0n) is 11.7. The van der Waals surface area contributed by atoms with E-state index in [2.05, 4.69) is 0 Å². The van der Waals surface area contributed by atoms with E-state index in [1.807, 2.05) is 48.3 Å².